The number of rotatable bonds is 5. The Labute approximate surface area is 128 Å². The molecule has 2 heterocycles. The standard InChI is InChI=1S/C17H28N2O2/c1-11(2)16-8-14(10-18-5)9-17(19-16)21-15-6-12(3)20-13(4)7-15/h8-9,11-13,15,18H,6-7,10H2,1-5H3. The lowest BCUT2D eigenvalue weighted by atomic mass is 10.0. The number of aromatic nitrogens is 1. The molecule has 0 radical (unpaired) electrons. The SMILES string of the molecule is CNCc1cc(OC2CC(C)OC(C)C2)nc(C(C)C)c1. The first-order valence-electron chi connectivity index (χ1n) is 7.95. The summed E-state index contributed by atoms with van der Waals surface area (Å²) in [4.78, 5) is 4.67. The Balaban J connectivity index is 2.14. The van der Waals surface area contributed by atoms with E-state index in [1.807, 2.05) is 13.1 Å². The van der Waals surface area contributed by atoms with E-state index in [4.69, 9.17) is 9.47 Å². The molecule has 1 N–H and O–H groups in total. The topological polar surface area (TPSA) is 43.4 Å². The van der Waals surface area contributed by atoms with Crippen LogP contribution in [0, 0.1) is 0 Å². The minimum Gasteiger partial charge on any atom is -0.474 e. The summed E-state index contributed by atoms with van der Waals surface area (Å²) in [7, 11) is 1.96. The maximum atomic E-state index is 6.16. The van der Waals surface area contributed by atoms with Crippen molar-refractivity contribution >= 4 is 0 Å². The zero-order valence-corrected chi connectivity index (χ0v) is 13.8. The second-order valence-corrected chi connectivity index (χ2v) is 6.39. The highest BCUT2D eigenvalue weighted by atomic mass is 16.5. The van der Waals surface area contributed by atoms with Crippen LogP contribution in [0.25, 0.3) is 0 Å². The first-order valence-corrected chi connectivity index (χ1v) is 7.95. The largest absolute Gasteiger partial charge is 0.474 e. The van der Waals surface area contributed by atoms with Gasteiger partial charge in [0, 0.05) is 31.1 Å². The molecule has 1 aromatic rings. The second kappa shape index (κ2) is 7.23. The number of nitrogens with zero attached hydrogens (tertiary/aromatic N) is 1. The van der Waals surface area contributed by atoms with Gasteiger partial charge in [-0.25, -0.2) is 4.98 Å². The van der Waals surface area contributed by atoms with Crippen molar-refractivity contribution in [2.24, 2.45) is 0 Å². The van der Waals surface area contributed by atoms with E-state index in [1.54, 1.807) is 0 Å². The van der Waals surface area contributed by atoms with Crippen molar-refractivity contribution in [3.8, 4) is 5.88 Å². The van der Waals surface area contributed by atoms with E-state index in [2.05, 4.69) is 44.1 Å². The lowest BCUT2D eigenvalue weighted by Gasteiger charge is -2.32. The molecule has 21 heavy (non-hydrogen) atoms. The van der Waals surface area contributed by atoms with Crippen LogP contribution in [0.15, 0.2) is 12.1 Å². The summed E-state index contributed by atoms with van der Waals surface area (Å²) in [5.41, 5.74) is 2.31. The first kappa shape index (κ1) is 16.2. The van der Waals surface area contributed by atoms with Gasteiger partial charge in [-0.3, -0.25) is 0 Å². The van der Waals surface area contributed by atoms with Crippen molar-refractivity contribution in [3.05, 3.63) is 23.4 Å². The highest BCUT2D eigenvalue weighted by molar-refractivity contribution is 5.27. The molecule has 1 saturated heterocycles. The molecule has 0 aliphatic carbocycles. The molecule has 2 rings (SSSR count). The summed E-state index contributed by atoms with van der Waals surface area (Å²) in [6.45, 7) is 9.37. The molecular formula is C17H28N2O2. The van der Waals surface area contributed by atoms with E-state index in [0.717, 1.165) is 31.0 Å². The van der Waals surface area contributed by atoms with Gasteiger partial charge in [-0.2, -0.15) is 0 Å². The number of hydrogen-bond acceptors (Lipinski definition) is 4. The number of hydrogen-bond donors (Lipinski definition) is 1. The van der Waals surface area contributed by atoms with Gasteiger partial charge >= 0.3 is 0 Å². The fourth-order valence-corrected chi connectivity index (χ4v) is 2.86. The van der Waals surface area contributed by atoms with Gasteiger partial charge in [0.1, 0.15) is 6.10 Å². The lowest BCUT2D eigenvalue weighted by molar-refractivity contribution is -0.0730. The van der Waals surface area contributed by atoms with Gasteiger partial charge in [0.25, 0.3) is 0 Å². The summed E-state index contributed by atoms with van der Waals surface area (Å²) >= 11 is 0. The first-order chi connectivity index (χ1) is 9.97. The molecule has 4 heteroatoms. The molecule has 1 fully saturated rings. The fraction of sp³-hybridized carbons (Fsp3) is 0.706. The van der Waals surface area contributed by atoms with E-state index in [-0.39, 0.29) is 18.3 Å². The highest BCUT2D eigenvalue weighted by Gasteiger charge is 2.26. The molecule has 1 aliphatic rings. The van der Waals surface area contributed by atoms with Gasteiger partial charge in [0.05, 0.1) is 12.2 Å². The summed E-state index contributed by atoms with van der Waals surface area (Å²) in [5, 5.41) is 3.19. The Kier molecular flexibility index (Phi) is 5.59. The Morgan fingerprint density at radius 3 is 2.52 bits per heavy atom. The van der Waals surface area contributed by atoms with Crippen LogP contribution in [0.2, 0.25) is 0 Å². The molecule has 0 aromatic carbocycles. The fourth-order valence-electron chi connectivity index (χ4n) is 2.86. The summed E-state index contributed by atoms with van der Waals surface area (Å²) in [6.07, 6.45) is 2.56. The molecule has 0 amide bonds. The van der Waals surface area contributed by atoms with Crippen LogP contribution >= 0.6 is 0 Å². The third-order valence-electron chi connectivity index (χ3n) is 3.80. The average molecular weight is 292 g/mol. The molecule has 118 valence electrons. The maximum Gasteiger partial charge on any atom is 0.214 e. The van der Waals surface area contributed by atoms with E-state index < -0.39 is 0 Å². The molecule has 0 bridgehead atoms. The molecule has 1 aromatic heterocycles. The van der Waals surface area contributed by atoms with Crippen LogP contribution in [-0.2, 0) is 11.3 Å². The minimum absolute atomic E-state index is 0.195. The predicted octanol–water partition coefficient (Wildman–Crippen LogP) is 3.26. The lowest BCUT2D eigenvalue weighted by Crippen LogP contribution is -2.35. The van der Waals surface area contributed by atoms with Crippen molar-refractivity contribution < 1.29 is 9.47 Å². The number of ether oxygens (including phenoxy) is 2. The van der Waals surface area contributed by atoms with Gasteiger partial charge in [-0.05, 0) is 38.4 Å². The van der Waals surface area contributed by atoms with Gasteiger partial charge < -0.3 is 14.8 Å². The van der Waals surface area contributed by atoms with Gasteiger partial charge in [-0.15, -0.1) is 0 Å². The van der Waals surface area contributed by atoms with E-state index in [1.165, 1.54) is 5.56 Å². The van der Waals surface area contributed by atoms with Gasteiger partial charge in [0.15, 0.2) is 0 Å². The molecular weight excluding hydrogens is 264 g/mol. The molecule has 2 unspecified atom stereocenters. The third-order valence-corrected chi connectivity index (χ3v) is 3.80. The summed E-state index contributed by atoms with van der Waals surface area (Å²) in [5.74, 6) is 1.15. The normalized spacial score (nSPS) is 26.1. The van der Waals surface area contributed by atoms with Crippen LogP contribution < -0.4 is 10.1 Å². The predicted molar refractivity (Wildman–Crippen MR) is 84.7 cm³/mol. The van der Waals surface area contributed by atoms with Crippen molar-refractivity contribution in [2.75, 3.05) is 7.05 Å². The van der Waals surface area contributed by atoms with Crippen LogP contribution in [0.4, 0.5) is 0 Å². The highest BCUT2D eigenvalue weighted by Crippen LogP contribution is 2.25. The van der Waals surface area contributed by atoms with Crippen LogP contribution in [0.1, 0.15) is 57.7 Å². The van der Waals surface area contributed by atoms with E-state index >= 15 is 0 Å². The van der Waals surface area contributed by atoms with Crippen LogP contribution in [0.5, 0.6) is 5.88 Å². The maximum absolute atomic E-state index is 6.16. The van der Waals surface area contributed by atoms with Crippen LogP contribution in [0.3, 0.4) is 0 Å². The van der Waals surface area contributed by atoms with E-state index in [0.29, 0.717) is 5.92 Å². The van der Waals surface area contributed by atoms with Crippen molar-refractivity contribution in [3.63, 3.8) is 0 Å². The smallest absolute Gasteiger partial charge is 0.214 e. The average Bonchev–Trinajstić information content (AvgIpc) is 2.37. The zero-order chi connectivity index (χ0) is 15.4. The Morgan fingerprint density at radius 1 is 1.29 bits per heavy atom. The number of pyridine rings is 1. The summed E-state index contributed by atoms with van der Waals surface area (Å²) in [6, 6.07) is 4.20. The summed E-state index contributed by atoms with van der Waals surface area (Å²) < 4.78 is 11.9. The molecule has 1 aliphatic heterocycles. The molecule has 0 saturated carbocycles. The molecule has 4 nitrogen and oxygen atoms in total. The van der Waals surface area contributed by atoms with Gasteiger partial charge in [-0.1, -0.05) is 13.8 Å². The van der Waals surface area contributed by atoms with Crippen molar-refractivity contribution in [1.82, 2.24) is 10.3 Å². The number of nitrogens with one attached hydrogen (secondary N) is 1. The Hall–Kier alpha value is -1.13. The quantitative estimate of drug-likeness (QED) is 0.904. The van der Waals surface area contributed by atoms with Crippen molar-refractivity contribution in [2.45, 2.75) is 71.3 Å². The van der Waals surface area contributed by atoms with Crippen LogP contribution in [-0.4, -0.2) is 30.3 Å². The second-order valence-electron chi connectivity index (χ2n) is 6.39. The monoisotopic (exact) mass is 292 g/mol. The van der Waals surface area contributed by atoms with Gasteiger partial charge in [0.2, 0.25) is 5.88 Å². The molecule has 2 atom stereocenters. The Bertz CT molecular complexity index is 452. The Morgan fingerprint density at radius 2 is 1.95 bits per heavy atom. The molecule has 0 spiro atoms. The zero-order valence-electron chi connectivity index (χ0n) is 13.8. The van der Waals surface area contributed by atoms with E-state index in [9.17, 15) is 0 Å². The van der Waals surface area contributed by atoms with Crippen molar-refractivity contribution in [1.29, 1.82) is 0 Å². The third kappa shape index (κ3) is 4.68. The minimum atomic E-state index is 0.195.